The molecule has 2 aromatic rings. The van der Waals surface area contributed by atoms with E-state index in [9.17, 15) is 0 Å². The van der Waals surface area contributed by atoms with Gasteiger partial charge in [-0.15, -0.1) is 11.3 Å². The zero-order valence-electron chi connectivity index (χ0n) is 11.7. The van der Waals surface area contributed by atoms with E-state index in [1.807, 2.05) is 24.4 Å². The van der Waals surface area contributed by atoms with Crippen LogP contribution >= 0.6 is 22.9 Å². The van der Waals surface area contributed by atoms with E-state index >= 15 is 0 Å². The van der Waals surface area contributed by atoms with Gasteiger partial charge in [-0.3, -0.25) is 9.88 Å². The SMILES string of the molecule is CCN(CCNCc1ccc(Cl)s1)Cc1ccccn1. The van der Waals surface area contributed by atoms with Crippen molar-refractivity contribution >= 4 is 22.9 Å². The van der Waals surface area contributed by atoms with Crippen molar-refractivity contribution < 1.29 is 0 Å². The third-order valence-electron chi connectivity index (χ3n) is 3.09. The summed E-state index contributed by atoms with van der Waals surface area (Å²) in [6.07, 6.45) is 1.85. The molecule has 0 radical (unpaired) electrons. The summed E-state index contributed by atoms with van der Waals surface area (Å²) >= 11 is 7.55. The number of nitrogens with one attached hydrogen (secondary N) is 1. The normalized spacial score (nSPS) is 11.2. The maximum absolute atomic E-state index is 5.91. The van der Waals surface area contributed by atoms with Gasteiger partial charge in [0, 0.05) is 37.3 Å². The van der Waals surface area contributed by atoms with Crippen LogP contribution in [0.25, 0.3) is 0 Å². The van der Waals surface area contributed by atoms with Crippen LogP contribution in [0.2, 0.25) is 4.34 Å². The van der Waals surface area contributed by atoms with E-state index in [1.54, 1.807) is 11.3 Å². The van der Waals surface area contributed by atoms with Gasteiger partial charge in [0.2, 0.25) is 0 Å². The fourth-order valence-corrected chi connectivity index (χ4v) is 3.02. The molecule has 3 nitrogen and oxygen atoms in total. The van der Waals surface area contributed by atoms with E-state index in [-0.39, 0.29) is 0 Å². The summed E-state index contributed by atoms with van der Waals surface area (Å²) in [5.74, 6) is 0. The number of halogens is 1. The lowest BCUT2D eigenvalue weighted by Gasteiger charge is -2.20. The number of nitrogens with zero attached hydrogens (tertiary/aromatic N) is 2. The first-order valence-corrected chi connectivity index (χ1v) is 8.04. The Morgan fingerprint density at radius 1 is 1.30 bits per heavy atom. The molecule has 0 spiro atoms. The van der Waals surface area contributed by atoms with Crippen molar-refractivity contribution in [3.63, 3.8) is 0 Å². The highest BCUT2D eigenvalue weighted by Gasteiger charge is 2.04. The van der Waals surface area contributed by atoms with E-state index < -0.39 is 0 Å². The zero-order valence-corrected chi connectivity index (χ0v) is 13.3. The maximum atomic E-state index is 5.91. The number of pyridine rings is 1. The Labute approximate surface area is 129 Å². The Bertz CT molecular complexity index is 501. The molecule has 20 heavy (non-hydrogen) atoms. The first-order valence-electron chi connectivity index (χ1n) is 6.85. The molecule has 0 unspecified atom stereocenters. The second-order valence-corrected chi connectivity index (χ2v) is 6.37. The molecule has 5 heteroatoms. The zero-order chi connectivity index (χ0) is 14.2. The molecule has 0 fully saturated rings. The highest BCUT2D eigenvalue weighted by Crippen LogP contribution is 2.20. The van der Waals surface area contributed by atoms with Crippen LogP contribution in [0.4, 0.5) is 0 Å². The standard InChI is InChI=1S/C15H20ClN3S/c1-2-19(12-13-5-3-4-8-18-13)10-9-17-11-14-6-7-15(16)20-14/h3-8,17H,2,9-12H2,1H3. The van der Waals surface area contributed by atoms with Crippen molar-refractivity contribution in [2.75, 3.05) is 19.6 Å². The number of hydrogen-bond acceptors (Lipinski definition) is 4. The highest BCUT2D eigenvalue weighted by atomic mass is 35.5. The van der Waals surface area contributed by atoms with Crippen molar-refractivity contribution in [2.45, 2.75) is 20.0 Å². The third kappa shape index (κ3) is 5.21. The fraction of sp³-hybridized carbons (Fsp3) is 0.400. The molecule has 0 amide bonds. The molecule has 108 valence electrons. The van der Waals surface area contributed by atoms with Crippen LogP contribution in [0.15, 0.2) is 36.5 Å². The lowest BCUT2D eigenvalue weighted by molar-refractivity contribution is 0.276. The molecular formula is C15H20ClN3S. The van der Waals surface area contributed by atoms with Gasteiger partial charge >= 0.3 is 0 Å². The fourth-order valence-electron chi connectivity index (χ4n) is 1.97. The number of hydrogen-bond donors (Lipinski definition) is 1. The lowest BCUT2D eigenvalue weighted by atomic mass is 10.3. The van der Waals surface area contributed by atoms with Crippen LogP contribution < -0.4 is 5.32 Å². The Morgan fingerprint density at radius 2 is 2.20 bits per heavy atom. The van der Waals surface area contributed by atoms with E-state index in [0.717, 1.165) is 42.8 Å². The van der Waals surface area contributed by atoms with Crippen LogP contribution in [-0.2, 0) is 13.1 Å². The molecule has 2 heterocycles. The molecule has 0 aliphatic rings. The molecular weight excluding hydrogens is 290 g/mol. The van der Waals surface area contributed by atoms with Crippen molar-refractivity contribution in [3.05, 3.63) is 51.4 Å². The topological polar surface area (TPSA) is 28.2 Å². The van der Waals surface area contributed by atoms with E-state index in [1.165, 1.54) is 4.88 Å². The van der Waals surface area contributed by atoms with Crippen molar-refractivity contribution in [1.82, 2.24) is 15.2 Å². The van der Waals surface area contributed by atoms with Gasteiger partial charge in [0.1, 0.15) is 0 Å². The monoisotopic (exact) mass is 309 g/mol. The Kier molecular flexibility index (Phi) is 6.47. The average molecular weight is 310 g/mol. The second kappa shape index (κ2) is 8.37. The lowest BCUT2D eigenvalue weighted by Crippen LogP contribution is -2.31. The van der Waals surface area contributed by atoms with Gasteiger partial charge in [0.15, 0.2) is 0 Å². The van der Waals surface area contributed by atoms with Gasteiger partial charge in [-0.25, -0.2) is 0 Å². The van der Waals surface area contributed by atoms with Gasteiger partial charge < -0.3 is 5.32 Å². The largest absolute Gasteiger partial charge is 0.311 e. The molecule has 0 aliphatic heterocycles. The molecule has 0 atom stereocenters. The molecule has 0 bridgehead atoms. The quantitative estimate of drug-likeness (QED) is 0.757. The highest BCUT2D eigenvalue weighted by molar-refractivity contribution is 7.16. The summed E-state index contributed by atoms with van der Waals surface area (Å²) in [4.78, 5) is 8.04. The van der Waals surface area contributed by atoms with Crippen LogP contribution in [0.3, 0.4) is 0 Å². The summed E-state index contributed by atoms with van der Waals surface area (Å²) in [5, 5.41) is 3.46. The van der Waals surface area contributed by atoms with Crippen LogP contribution in [0, 0.1) is 0 Å². The molecule has 2 aromatic heterocycles. The number of aromatic nitrogens is 1. The predicted molar refractivity (Wildman–Crippen MR) is 86.2 cm³/mol. The summed E-state index contributed by atoms with van der Waals surface area (Å²) in [5.41, 5.74) is 1.12. The minimum absolute atomic E-state index is 0.854. The summed E-state index contributed by atoms with van der Waals surface area (Å²) in [6, 6.07) is 10.1. The number of rotatable bonds is 8. The smallest absolute Gasteiger partial charge is 0.0931 e. The number of thiophene rings is 1. The second-order valence-electron chi connectivity index (χ2n) is 4.57. The maximum Gasteiger partial charge on any atom is 0.0931 e. The molecule has 0 saturated heterocycles. The van der Waals surface area contributed by atoms with Gasteiger partial charge in [0.25, 0.3) is 0 Å². The van der Waals surface area contributed by atoms with E-state index in [4.69, 9.17) is 11.6 Å². The van der Waals surface area contributed by atoms with Crippen molar-refractivity contribution in [1.29, 1.82) is 0 Å². The minimum Gasteiger partial charge on any atom is -0.311 e. The minimum atomic E-state index is 0.854. The average Bonchev–Trinajstić information content (AvgIpc) is 2.89. The van der Waals surface area contributed by atoms with Crippen molar-refractivity contribution in [2.24, 2.45) is 0 Å². The van der Waals surface area contributed by atoms with Gasteiger partial charge in [-0.1, -0.05) is 24.6 Å². The molecule has 0 aliphatic carbocycles. The van der Waals surface area contributed by atoms with Crippen LogP contribution in [-0.4, -0.2) is 29.5 Å². The predicted octanol–water partition coefficient (Wildman–Crippen LogP) is 3.41. The van der Waals surface area contributed by atoms with Crippen molar-refractivity contribution in [3.8, 4) is 0 Å². The Morgan fingerprint density at radius 3 is 2.85 bits per heavy atom. The van der Waals surface area contributed by atoms with E-state index in [2.05, 4.69) is 34.3 Å². The van der Waals surface area contributed by atoms with Crippen LogP contribution in [0.1, 0.15) is 17.5 Å². The number of likely N-dealkylation sites (N-methyl/N-ethyl adjacent to an activating group) is 1. The molecule has 1 N–H and O–H groups in total. The molecule has 0 saturated carbocycles. The van der Waals surface area contributed by atoms with Gasteiger partial charge in [-0.05, 0) is 30.8 Å². The Hall–Kier alpha value is -0.940. The molecule has 0 aromatic carbocycles. The first-order chi connectivity index (χ1) is 9.78. The van der Waals surface area contributed by atoms with Gasteiger partial charge in [-0.2, -0.15) is 0 Å². The molecule has 2 rings (SSSR count). The summed E-state index contributed by atoms with van der Waals surface area (Å²) < 4.78 is 0.854. The van der Waals surface area contributed by atoms with Crippen LogP contribution in [0.5, 0.6) is 0 Å². The first kappa shape index (κ1) is 15.4. The summed E-state index contributed by atoms with van der Waals surface area (Å²) in [7, 11) is 0. The third-order valence-corrected chi connectivity index (χ3v) is 4.32. The van der Waals surface area contributed by atoms with E-state index in [0.29, 0.717) is 0 Å². The summed E-state index contributed by atoms with van der Waals surface area (Å²) in [6.45, 7) is 7.00. The van der Waals surface area contributed by atoms with Gasteiger partial charge in [0.05, 0.1) is 10.0 Å². The Balaban J connectivity index is 1.68.